The van der Waals surface area contributed by atoms with Gasteiger partial charge in [-0.3, -0.25) is 4.79 Å². The molecular formula is C14H9F3N4O. The van der Waals surface area contributed by atoms with Gasteiger partial charge in [0.1, 0.15) is 5.69 Å². The predicted octanol–water partition coefficient (Wildman–Crippen LogP) is 2.54. The molecule has 0 fully saturated rings. The van der Waals surface area contributed by atoms with Crippen LogP contribution in [0.25, 0.3) is 16.7 Å². The fourth-order valence-corrected chi connectivity index (χ4v) is 2.02. The predicted molar refractivity (Wildman–Crippen MR) is 72.4 cm³/mol. The zero-order chi connectivity index (χ0) is 15.9. The molecule has 0 bridgehead atoms. The van der Waals surface area contributed by atoms with Crippen LogP contribution >= 0.6 is 0 Å². The highest BCUT2D eigenvalue weighted by Crippen LogP contribution is 2.29. The Labute approximate surface area is 122 Å². The lowest BCUT2D eigenvalue weighted by molar-refractivity contribution is -0.137. The number of carbonyl (C=O) groups excluding carboxylic acids is 1. The van der Waals surface area contributed by atoms with E-state index in [1.54, 1.807) is 6.07 Å². The molecule has 3 rings (SSSR count). The van der Waals surface area contributed by atoms with Crippen molar-refractivity contribution < 1.29 is 18.0 Å². The highest BCUT2D eigenvalue weighted by atomic mass is 19.4. The summed E-state index contributed by atoms with van der Waals surface area (Å²) in [5.74, 6) is -0.693. The highest BCUT2D eigenvalue weighted by Gasteiger charge is 2.30. The average molecular weight is 306 g/mol. The van der Waals surface area contributed by atoms with E-state index in [-0.39, 0.29) is 5.69 Å². The Morgan fingerprint density at radius 2 is 1.77 bits per heavy atom. The summed E-state index contributed by atoms with van der Waals surface area (Å²) in [5, 5.41) is 4.72. The number of amides is 1. The molecule has 1 amide bonds. The van der Waals surface area contributed by atoms with Crippen molar-refractivity contribution in [1.82, 2.24) is 14.8 Å². The standard InChI is InChI=1S/C14H9F3N4O/c15-14(16,17)9-2-4-10(5-3-9)21-13-8(7-19-21)1-6-11(20-13)12(18)22/h1-7H,(H2,18,22). The molecule has 3 aromatic rings. The number of rotatable bonds is 2. The fraction of sp³-hybridized carbons (Fsp3) is 0.0714. The quantitative estimate of drug-likeness (QED) is 0.790. The van der Waals surface area contributed by atoms with Gasteiger partial charge in [0.25, 0.3) is 5.91 Å². The van der Waals surface area contributed by atoms with Crippen LogP contribution in [0, 0.1) is 0 Å². The molecular weight excluding hydrogens is 297 g/mol. The third-order valence-corrected chi connectivity index (χ3v) is 3.11. The normalized spacial score (nSPS) is 11.8. The van der Waals surface area contributed by atoms with Crippen molar-refractivity contribution in [3.63, 3.8) is 0 Å². The second kappa shape index (κ2) is 4.83. The van der Waals surface area contributed by atoms with Crippen LogP contribution in [0.4, 0.5) is 13.2 Å². The minimum Gasteiger partial charge on any atom is -0.364 e. The maximum absolute atomic E-state index is 12.6. The van der Waals surface area contributed by atoms with Gasteiger partial charge < -0.3 is 5.73 Å². The molecule has 0 aliphatic heterocycles. The zero-order valence-corrected chi connectivity index (χ0v) is 11.0. The van der Waals surface area contributed by atoms with Crippen molar-refractivity contribution in [2.24, 2.45) is 5.73 Å². The summed E-state index contributed by atoms with van der Waals surface area (Å²) in [6.07, 6.45) is -2.90. The van der Waals surface area contributed by atoms with Gasteiger partial charge in [0.05, 0.1) is 17.4 Å². The SMILES string of the molecule is NC(=O)c1ccc2cnn(-c3ccc(C(F)(F)F)cc3)c2n1. The van der Waals surface area contributed by atoms with E-state index in [0.717, 1.165) is 12.1 Å². The first-order valence-electron chi connectivity index (χ1n) is 6.18. The molecule has 0 radical (unpaired) electrons. The van der Waals surface area contributed by atoms with Crippen LogP contribution in [0.2, 0.25) is 0 Å². The van der Waals surface area contributed by atoms with Crippen molar-refractivity contribution in [1.29, 1.82) is 0 Å². The molecule has 0 unspecified atom stereocenters. The van der Waals surface area contributed by atoms with Gasteiger partial charge in [0, 0.05) is 5.39 Å². The van der Waals surface area contributed by atoms with Crippen LogP contribution in [0.5, 0.6) is 0 Å². The van der Waals surface area contributed by atoms with Crippen LogP contribution in [0.15, 0.2) is 42.6 Å². The van der Waals surface area contributed by atoms with Gasteiger partial charge in [-0.25, -0.2) is 9.67 Å². The first-order chi connectivity index (χ1) is 10.4. The van der Waals surface area contributed by atoms with Crippen molar-refractivity contribution in [3.05, 3.63) is 53.9 Å². The number of pyridine rings is 1. The van der Waals surface area contributed by atoms with Crippen LogP contribution in [-0.4, -0.2) is 20.7 Å². The summed E-state index contributed by atoms with van der Waals surface area (Å²) in [4.78, 5) is 15.3. The third-order valence-electron chi connectivity index (χ3n) is 3.11. The molecule has 5 nitrogen and oxygen atoms in total. The lowest BCUT2D eigenvalue weighted by Crippen LogP contribution is -2.13. The number of benzene rings is 1. The molecule has 0 saturated carbocycles. The molecule has 2 N–H and O–H groups in total. The number of primary amides is 1. The molecule has 0 aliphatic carbocycles. The summed E-state index contributed by atoms with van der Waals surface area (Å²) in [6.45, 7) is 0. The van der Waals surface area contributed by atoms with E-state index in [0.29, 0.717) is 16.7 Å². The van der Waals surface area contributed by atoms with Crippen molar-refractivity contribution in [2.45, 2.75) is 6.18 Å². The third kappa shape index (κ3) is 2.39. The molecule has 0 saturated heterocycles. The largest absolute Gasteiger partial charge is 0.416 e. The Hall–Kier alpha value is -2.90. The van der Waals surface area contributed by atoms with Crippen molar-refractivity contribution in [2.75, 3.05) is 0 Å². The Morgan fingerprint density at radius 1 is 1.09 bits per heavy atom. The van der Waals surface area contributed by atoms with E-state index >= 15 is 0 Å². The maximum Gasteiger partial charge on any atom is 0.416 e. The number of alkyl halides is 3. The van der Waals surface area contributed by atoms with Gasteiger partial charge in [-0.15, -0.1) is 0 Å². The minimum absolute atomic E-state index is 0.0566. The summed E-state index contributed by atoms with van der Waals surface area (Å²) >= 11 is 0. The summed E-state index contributed by atoms with van der Waals surface area (Å²) < 4.78 is 39.1. The lowest BCUT2D eigenvalue weighted by Gasteiger charge is -2.08. The average Bonchev–Trinajstić information content (AvgIpc) is 2.89. The number of carbonyl (C=O) groups is 1. The minimum atomic E-state index is -4.40. The Morgan fingerprint density at radius 3 is 2.36 bits per heavy atom. The van der Waals surface area contributed by atoms with Gasteiger partial charge in [0.2, 0.25) is 0 Å². The van der Waals surface area contributed by atoms with Crippen LogP contribution < -0.4 is 5.73 Å². The Balaban J connectivity index is 2.10. The zero-order valence-electron chi connectivity index (χ0n) is 11.0. The van der Waals surface area contributed by atoms with E-state index in [1.807, 2.05) is 0 Å². The molecule has 0 atom stereocenters. The van der Waals surface area contributed by atoms with Gasteiger partial charge >= 0.3 is 6.18 Å². The van der Waals surface area contributed by atoms with Crippen molar-refractivity contribution >= 4 is 16.9 Å². The number of halogens is 3. The number of hydrogen-bond acceptors (Lipinski definition) is 3. The van der Waals surface area contributed by atoms with E-state index in [9.17, 15) is 18.0 Å². The fourth-order valence-electron chi connectivity index (χ4n) is 2.02. The van der Waals surface area contributed by atoms with Gasteiger partial charge in [0.15, 0.2) is 5.65 Å². The molecule has 0 spiro atoms. The number of hydrogen-bond donors (Lipinski definition) is 1. The van der Waals surface area contributed by atoms with Gasteiger partial charge in [-0.05, 0) is 36.4 Å². The number of aromatic nitrogens is 3. The second-order valence-electron chi connectivity index (χ2n) is 4.57. The van der Waals surface area contributed by atoms with Crippen LogP contribution in [0.1, 0.15) is 16.1 Å². The monoisotopic (exact) mass is 306 g/mol. The van der Waals surface area contributed by atoms with E-state index in [4.69, 9.17) is 5.73 Å². The van der Waals surface area contributed by atoms with E-state index in [2.05, 4.69) is 10.1 Å². The summed E-state index contributed by atoms with van der Waals surface area (Å²) in [6, 6.07) is 7.57. The molecule has 112 valence electrons. The first kappa shape index (κ1) is 14.1. The smallest absolute Gasteiger partial charge is 0.364 e. The molecule has 2 aromatic heterocycles. The number of nitrogens with two attached hydrogens (primary N) is 1. The topological polar surface area (TPSA) is 73.8 Å². The molecule has 22 heavy (non-hydrogen) atoms. The van der Waals surface area contributed by atoms with Gasteiger partial charge in [-0.1, -0.05) is 0 Å². The lowest BCUT2D eigenvalue weighted by atomic mass is 10.2. The summed E-state index contributed by atoms with van der Waals surface area (Å²) in [7, 11) is 0. The van der Waals surface area contributed by atoms with E-state index in [1.165, 1.54) is 29.1 Å². The van der Waals surface area contributed by atoms with Crippen LogP contribution in [0.3, 0.4) is 0 Å². The molecule has 2 heterocycles. The highest BCUT2D eigenvalue weighted by molar-refractivity contribution is 5.93. The second-order valence-corrected chi connectivity index (χ2v) is 4.57. The summed E-state index contributed by atoms with van der Waals surface area (Å²) in [5.41, 5.74) is 5.22. The Bertz CT molecular complexity index is 853. The number of fused-ring (bicyclic) bond motifs is 1. The van der Waals surface area contributed by atoms with Gasteiger partial charge in [-0.2, -0.15) is 18.3 Å². The van der Waals surface area contributed by atoms with E-state index < -0.39 is 17.6 Å². The first-order valence-corrected chi connectivity index (χ1v) is 6.18. The van der Waals surface area contributed by atoms with Crippen molar-refractivity contribution in [3.8, 4) is 5.69 Å². The van der Waals surface area contributed by atoms with Crippen LogP contribution in [-0.2, 0) is 6.18 Å². The molecule has 0 aliphatic rings. The molecule has 8 heteroatoms. The maximum atomic E-state index is 12.6. The molecule has 1 aromatic carbocycles. The number of nitrogens with zero attached hydrogens (tertiary/aromatic N) is 3. The Kier molecular flexibility index (Phi) is 3.09.